The summed E-state index contributed by atoms with van der Waals surface area (Å²) in [6, 6.07) is 17.7. The molecule has 0 unspecified atom stereocenters. The lowest BCUT2D eigenvalue weighted by Gasteiger charge is -2.05. The number of carbonyl (C=O) groups excluding carboxylic acids is 1. The number of hydrogen-bond acceptors (Lipinski definition) is 5. The molecule has 0 aliphatic carbocycles. The third kappa shape index (κ3) is 4.90. The highest BCUT2D eigenvalue weighted by Gasteiger charge is 2.16. The number of hydrogen-bond donors (Lipinski definition) is 2. The standard InChI is InChI=1S/C18H17N3O3S2/c22-17(19-12-14-7-3-1-4-8-14)11-15-13-25-18(20-15)21-26(23,24)16-9-5-2-6-10-16/h1-10,13H,11-12H2,(H,19,22)(H,20,21). The summed E-state index contributed by atoms with van der Waals surface area (Å²) in [5, 5.41) is 4.73. The summed E-state index contributed by atoms with van der Waals surface area (Å²) in [7, 11) is -3.68. The SMILES string of the molecule is O=C(Cc1csc(NS(=O)(=O)c2ccccc2)n1)NCc1ccccc1. The molecule has 8 heteroatoms. The Morgan fingerprint density at radius 2 is 1.65 bits per heavy atom. The molecule has 0 radical (unpaired) electrons. The topological polar surface area (TPSA) is 88.2 Å². The molecule has 0 saturated carbocycles. The second-order valence-corrected chi connectivity index (χ2v) is 8.04. The Kier molecular flexibility index (Phi) is 5.65. The first-order valence-corrected chi connectivity index (χ1v) is 10.2. The van der Waals surface area contributed by atoms with E-state index in [0.717, 1.165) is 16.9 Å². The minimum absolute atomic E-state index is 0.0936. The van der Waals surface area contributed by atoms with Crippen molar-refractivity contribution in [2.75, 3.05) is 4.72 Å². The summed E-state index contributed by atoms with van der Waals surface area (Å²) in [6.07, 6.45) is 0.0936. The van der Waals surface area contributed by atoms with Gasteiger partial charge in [-0.25, -0.2) is 13.4 Å². The third-order valence-electron chi connectivity index (χ3n) is 3.50. The summed E-state index contributed by atoms with van der Waals surface area (Å²) in [4.78, 5) is 16.4. The van der Waals surface area contributed by atoms with Gasteiger partial charge in [0.05, 0.1) is 17.0 Å². The minimum Gasteiger partial charge on any atom is -0.352 e. The second kappa shape index (κ2) is 8.11. The van der Waals surface area contributed by atoms with Gasteiger partial charge in [-0.2, -0.15) is 0 Å². The molecular formula is C18H17N3O3S2. The molecule has 134 valence electrons. The third-order valence-corrected chi connectivity index (χ3v) is 5.79. The lowest BCUT2D eigenvalue weighted by Crippen LogP contribution is -2.24. The monoisotopic (exact) mass is 387 g/mol. The summed E-state index contributed by atoms with van der Waals surface area (Å²) in [5.41, 5.74) is 1.53. The molecule has 0 saturated heterocycles. The van der Waals surface area contributed by atoms with Gasteiger partial charge in [-0.1, -0.05) is 48.5 Å². The number of amides is 1. The van der Waals surface area contributed by atoms with Crippen LogP contribution in [-0.2, 0) is 27.8 Å². The zero-order chi connectivity index (χ0) is 18.4. The molecule has 2 aromatic carbocycles. The number of carbonyl (C=O) groups is 1. The van der Waals surface area contributed by atoms with Crippen LogP contribution in [0.3, 0.4) is 0 Å². The zero-order valence-electron chi connectivity index (χ0n) is 13.8. The molecular weight excluding hydrogens is 370 g/mol. The van der Waals surface area contributed by atoms with E-state index in [1.54, 1.807) is 23.6 Å². The van der Waals surface area contributed by atoms with Crippen molar-refractivity contribution in [3.8, 4) is 0 Å². The number of nitrogens with zero attached hydrogens (tertiary/aromatic N) is 1. The van der Waals surface area contributed by atoms with Crippen molar-refractivity contribution >= 4 is 32.4 Å². The van der Waals surface area contributed by atoms with Crippen LogP contribution in [-0.4, -0.2) is 19.3 Å². The summed E-state index contributed by atoms with van der Waals surface area (Å²) in [5.74, 6) is -0.170. The van der Waals surface area contributed by atoms with E-state index in [1.807, 2.05) is 30.3 Å². The van der Waals surface area contributed by atoms with Gasteiger partial charge < -0.3 is 5.32 Å². The fraction of sp³-hybridized carbons (Fsp3) is 0.111. The Morgan fingerprint density at radius 3 is 2.35 bits per heavy atom. The first-order chi connectivity index (χ1) is 12.5. The summed E-state index contributed by atoms with van der Waals surface area (Å²) < 4.78 is 27.0. The molecule has 0 aliphatic heterocycles. The van der Waals surface area contributed by atoms with E-state index in [1.165, 1.54) is 12.1 Å². The molecule has 1 amide bonds. The molecule has 0 aliphatic rings. The number of sulfonamides is 1. The summed E-state index contributed by atoms with van der Waals surface area (Å²) >= 11 is 1.15. The van der Waals surface area contributed by atoms with Crippen LogP contribution in [0.25, 0.3) is 0 Å². The number of aromatic nitrogens is 1. The highest BCUT2D eigenvalue weighted by molar-refractivity contribution is 7.93. The van der Waals surface area contributed by atoms with Crippen LogP contribution in [0, 0.1) is 0 Å². The van der Waals surface area contributed by atoms with Crippen LogP contribution in [0.1, 0.15) is 11.3 Å². The Labute approximate surface area is 156 Å². The molecule has 0 bridgehead atoms. The smallest absolute Gasteiger partial charge is 0.263 e. The van der Waals surface area contributed by atoms with Gasteiger partial charge in [0.25, 0.3) is 10.0 Å². The summed E-state index contributed by atoms with van der Waals surface area (Å²) in [6.45, 7) is 0.442. The fourth-order valence-corrected chi connectivity index (χ4v) is 4.22. The Hall–Kier alpha value is -2.71. The van der Waals surface area contributed by atoms with Crippen LogP contribution in [0.4, 0.5) is 5.13 Å². The van der Waals surface area contributed by atoms with Gasteiger partial charge in [0.15, 0.2) is 5.13 Å². The van der Waals surface area contributed by atoms with Crippen molar-refractivity contribution in [1.29, 1.82) is 0 Å². The largest absolute Gasteiger partial charge is 0.352 e. The molecule has 0 atom stereocenters. The van der Waals surface area contributed by atoms with E-state index in [4.69, 9.17) is 0 Å². The van der Waals surface area contributed by atoms with Crippen molar-refractivity contribution < 1.29 is 13.2 Å². The van der Waals surface area contributed by atoms with Gasteiger partial charge in [-0.3, -0.25) is 9.52 Å². The van der Waals surface area contributed by atoms with Crippen molar-refractivity contribution in [3.05, 3.63) is 77.3 Å². The quantitative estimate of drug-likeness (QED) is 0.652. The predicted octanol–water partition coefficient (Wildman–Crippen LogP) is 2.80. The minimum atomic E-state index is -3.68. The average Bonchev–Trinajstić information content (AvgIpc) is 3.07. The van der Waals surface area contributed by atoms with E-state index < -0.39 is 10.0 Å². The maximum absolute atomic E-state index is 12.3. The fourth-order valence-electron chi connectivity index (χ4n) is 2.23. The highest BCUT2D eigenvalue weighted by atomic mass is 32.2. The molecule has 0 fully saturated rings. The Bertz CT molecular complexity index is 971. The zero-order valence-corrected chi connectivity index (χ0v) is 15.4. The molecule has 1 heterocycles. The van der Waals surface area contributed by atoms with Gasteiger partial charge in [0, 0.05) is 11.9 Å². The van der Waals surface area contributed by atoms with Crippen molar-refractivity contribution in [3.63, 3.8) is 0 Å². The first kappa shape index (κ1) is 18.1. The van der Waals surface area contributed by atoms with Gasteiger partial charge >= 0.3 is 0 Å². The molecule has 1 aromatic heterocycles. The van der Waals surface area contributed by atoms with Crippen LogP contribution in [0.15, 0.2) is 70.9 Å². The number of benzene rings is 2. The average molecular weight is 387 g/mol. The second-order valence-electron chi connectivity index (χ2n) is 5.50. The van der Waals surface area contributed by atoms with Gasteiger partial charge in [0.2, 0.25) is 5.91 Å². The molecule has 26 heavy (non-hydrogen) atoms. The van der Waals surface area contributed by atoms with Crippen LogP contribution < -0.4 is 10.0 Å². The Balaban J connectivity index is 1.57. The molecule has 2 N–H and O–H groups in total. The molecule has 6 nitrogen and oxygen atoms in total. The van der Waals surface area contributed by atoms with Crippen molar-refractivity contribution in [2.45, 2.75) is 17.9 Å². The highest BCUT2D eigenvalue weighted by Crippen LogP contribution is 2.20. The number of rotatable bonds is 7. The number of thiazole rings is 1. The lowest BCUT2D eigenvalue weighted by molar-refractivity contribution is -0.120. The van der Waals surface area contributed by atoms with E-state index in [0.29, 0.717) is 12.2 Å². The molecule has 3 aromatic rings. The van der Waals surface area contributed by atoms with E-state index in [-0.39, 0.29) is 22.4 Å². The van der Waals surface area contributed by atoms with Crippen LogP contribution in [0.2, 0.25) is 0 Å². The van der Waals surface area contributed by atoms with E-state index >= 15 is 0 Å². The number of anilines is 1. The maximum Gasteiger partial charge on any atom is 0.263 e. The van der Waals surface area contributed by atoms with Crippen LogP contribution in [0.5, 0.6) is 0 Å². The number of nitrogens with one attached hydrogen (secondary N) is 2. The van der Waals surface area contributed by atoms with E-state index in [9.17, 15) is 13.2 Å². The van der Waals surface area contributed by atoms with Gasteiger partial charge in [-0.05, 0) is 17.7 Å². The first-order valence-electron chi connectivity index (χ1n) is 7.86. The lowest BCUT2D eigenvalue weighted by atomic mass is 10.2. The maximum atomic E-state index is 12.3. The van der Waals surface area contributed by atoms with Gasteiger partial charge in [-0.15, -0.1) is 11.3 Å². The normalized spacial score (nSPS) is 11.1. The molecule has 3 rings (SSSR count). The van der Waals surface area contributed by atoms with Crippen LogP contribution >= 0.6 is 11.3 Å². The Morgan fingerprint density at radius 1 is 1.00 bits per heavy atom. The molecule has 0 spiro atoms. The van der Waals surface area contributed by atoms with Gasteiger partial charge in [0.1, 0.15) is 0 Å². The predicted molar refractivity (Wildman–Crippen MR) is 101 cm³/mol. The van der Waals surface area contributed by atoms with Crippen molar-refractivity contribution in [1.82, 2.24) is 10.3 Å². The van der Waals surface area contributed by atoms with E-state index in [2.05, 4.69) is 15.0 Å². The van der Waals surface area contributed by atoms with Crippen molar-refractivity contribution in [2.24, 2.45) is 0 Å².